The van der Waals surface area contributed by atoms with E-state index >= 15 is 0 Å². The van der Waals surface area contributed by atoms with Gasteiger partial charge >= 0.3 is 0 Å². The molecule has 0 radical (unpaired) electrons. The van der Waals surface area contributed by atoms with Crippen molar-refractivity contribution in [3.63, 3.8) is 0 Å². The number of benzene rings is 2. The molecule has 1 amide bonds. The molecule has 25 heavy (non-hydrogen) atoms. The van der Waals surface area contributed by atoms with Crippen LogP contribution < -0.4 is 14.8 Å². The number of ether oxygens (including phenoxy) is 2. The van der Waals surface area contributed by atoms with Gasteiger partial charge in [-0.05, 0) is 12.1 Å². The lowest BCUT2D eigenvalue weighted by molar-refractivity contribution is 0.0784. The van der Waals surface area contributed by atoms with Crippen LogP contribution in [0.3, 0.4) is 0 Å². The maximum atomic E-state index is 12.2. The van der Waals surface area contributed by atoms with Gasteiger partial charge in [0.2, 0.25) is 0 Å². The van der Waals surface area contributed by atoms with Crippen LogP contribution in [0.5, 0.6) is 11.5 Å². The van der Waals surface area contributed by atoms with Gasteiger partial charge in [0.15, 0.2) is 23.0 Å². The lowest BCUT2D eigenvalue weighted by Gasteiger charge is -2.26. The zero-order valence-corrected chi connectivity index (χ0v) is 13.3. The highest BCUT2D eigenvalue weighted by molar-refractivity contribution is 5.93. The first-order valence-corrected chi connectivity index (χ1v) is 7.98. The fourth-order valence-electron chi connectivity index (χ4n) is 2.58. The Morgan fingerprint density at radius 3 is 2.68 bits per heavy atom. The number of nitrogens with zero attached hydrogens (tertiary/aromatic N) is 1. The van der Waals surface area contributed by atoms with Crippen LogP contribution >= 0.6 is 0 Å². The third kappa shape index (κ3) is 3.33. The number of amides is 1. The molecule has 0 spiro atoms. The maximum Gasteiger partial charge on any atom is 0.273 e. The zero-order chi connectivity index (χ0) is 17.1. The summed E-state index contributed by atoms with van der Waals surface area (Å²) in [6, 6.07) is 18.6. The van der Waals surface area contributed by atoms with E-state index in [0.29, 0.717) is 30.4 Å². The number of fused-ring (bicyclic) bond motifs is 1. The molecular weight excluding hydrogens is 320 g/mol. The molecule has 0 aliphatic carbocycles. The first-order chi connectivity index (χ1) is 12.3. The monoisotopic (exact) mass is 336 g/mol. The minimum atomic E-state index is -0.312. The molecule has 1 atom stereocenters. The van der Waals surface area contributed by atoms with Crippen molar-refractivity contribution in [3.8, 4) is 22.8 Å². The number of nitrogens with one attached hydrogen (secondary N) is 1. The second kappa shape index (κ2) is 6.68. The minimum Gasteiger partial charge on any atom is -0.486 e. The van der Waals surface area contributed by atoms with Gasteiger partial charge in [-0.2, -0.15) is 0 Å². The summed E-state index contributed by atoms with van der Waals surface area (Å²) in [6.45, 7) is 0.700. The van der Waals surface area contributed by atoms with Crippen LogP contribution in [0.4, 0.5) is 0 Å². The van der Waals surface area contributed by atoms with Crippen molar-refractivity contribution in [1.82, 2.24) is 10.5 Å². The summed E-state index contributed by atoms with van der Waals surface area (Å²) >= 11 is 0. The highest BCUT2D eigenvalue weighted by Gasteiger charge is 2.22. The van der Waals surface area contributed by atoms with Crippen LogP contribution in [0.15, 0.2) is 65.2 Å². The third-order valence-corrected chi connectivity index (χ3v) is 3.86. The molecule has 6 nitrogen and oxygen atoms in total. The van der Waals surface area contributed by atoms with Crippen molar-refractivity contribution >= 4 is 5.91 Å². The summed E-state index contributed by atoms with van der Waals surface area (Å²) in [6.07, 6.45) is -0.251. The van der Waals surface area contributed by atoms with Gasteiger partial charge in [-0.1, -0.05) is 47.6 Å². The van der Waals surface area contributed by atoms with E-state index in [4.69, 9.17) is 14.0 Å². The number of hydrogen-bond acceptors (Lipinski definition) is 5. The predicted octanol–water partition coefficient (Wildman–Crippen LogP) is 2.91. The molecule has 3 aromatic rings. The quantitative estimate of drug-likeness (QED) is 0.793. The van der Waals surface area contributed by atoms with Gasteiger partial charge in [0.1, 0.15) is 12.7 Å². The molecule has 2 heterocycles. The first kappa shape index (κ1) is 15.3. The van der Waals surface area contributed by atoms with Crippen LogP contribution in [0.1, 0.15) is 10.5 Å². The molecule has 126 valence electrons. The maximum absolute atomic E-state index is 12.2. The number of para-hydroxylation sites is 2. The number of aromatic nitrogens is 1. The molecule has 1 aromatic heterocycles. The highest BCUT2D eigenvalue weighted by atomic mass is 16.6. The molecule has 1 aliphatic heterocycles. The molecule has 0 saturated carbocycles. The molecule has 2 aromatic carbocycles. The topological polar surface area (TPSA) is 73.6 Å². The molecule has 1 aliphatic rings. The summed E-state index contributed by atoms with van der Waals surface area (Å²) in [5, 5.41) is 6.63. The first-order valence-electron chi connectivity index (χ1n) is 7.98. The average Bonchev–Trinajstić information content (AvgIpc) is 3.17. The molecular formula is C19H16N2O4. The van der Waals surface area contributed by atoms with Crippen molar-refractivity contribution < 1.29 is 18.8 Å². The summed E-state index contributed by atoms with van der Waals surface area (Å²) in [4.78, 5) is 12.2. The van der Waals surface area contributed by atoms with E-state index < -0.39 is 0 Å². The van der Waals surface area contributed by atoms with E-state index in [9.17, 15) is 4.79 Å². The Labute approximate surface area is 144 Å². The van der Waals surface area contributed by atoms with Gasteiger partial charge in [0.25, 0.3) is 5.91 Å². The van der Waals surface area contributed by atoms with Crippen molar-refractivity contribution in [3.05, 3.63) is 66.4 Å². The van der Waals surface area contributed by atoms with Gasteiger partial charge in [0.05, 0.1) is 6.54 Å². The summed E-state index contributed by atoms with van der Waals surface area (Å²) in [5.74, 6) is 1.64. The number of carbonyl (C=O) groups is 1. The summed E-state index contributed by atoms with van der Waals surface area (Å²) in [5.41, 5.74) is 1.10. The highest BCUT2D eigenvalue weighted by Crippen LogP contribution is 2.30. The average molecular weight is 336 g/mol. The van der Waals surface area contributed by atoms with Crippen molar-refractivity contribution in [2.24, 2.45) is 0 Å². The van der Waals surface area contributed by atoms with Crippen molar-refractivity contribution in [2.45, 2.75) is 6.10 Å². The molecule has 6 heteroatoms. The van der Waals surface area contributed by atoms with E-state index in [0.717, 1.165) is 5.56 Å². The Balaban J connectivity index is 1.36. The molecule has 0 fully saturated rings. The SMILES string of the molecule is O=C(NCC1COc2ccccc2O1)c1cc(-c2ccccc2)on1. The fourth-order valence-corrected chi connectivity index (χ4v) is 2.58. The summed E-state index contributed by atoms with van der Waals surface area (Å²) < 4.78 is 16.7. The Morgan fingerprint density at radius 2 is 1.84 bits per heavy atom. The predicted molar refractivity (Wildman–Crippen MR) is 90.6 cm³/mol. The fraction of sp³-hybridized carbons (Fsp3) is 0.158. The van der Waals surface area contributed by atoms with Gasteiger partial charge in [-0.25, -0.2) is 0 Å². The number of rotatable bonds is 4. The van der Waals surface area contributed by atoms with E-state index in [-0.39, 0.29) is 17.7 Å². The van der Waals surface area contributed by atoms with E-state index in [1.165, 1.54) is 0 Å². The third-order valence-electron chi connectivity index (χ3n) is 3.86. The minimum absolute atomic E-state index is 0.232. The van der Waals surface area contributed by atoms with Crippen LogP contribution in [0.2, 0.25) is 0 Å². The van der Waals surface area contributed by atoms with Crippen LogP contribution in [0, 0.1) is 0 Å². The van der Waals surface area contributed by atoms with Crippen LogP contribution in [-0.4, -0.2) is 30.3 Å². The second-order valence-electron chi connectivity index (χ2n) is 5.65. The zero-order valence-electron chi connectivity index (χ0n) is 13.3. The Morgan fingerprint density at radius 1 is 1.08 bits per heavy atom. The number of hydrogen-bond donors (Lipinski definition) is 1. The summed E-state index contributed by atoms with van der Waals surface area (Å²) in [7, 11) is 0. The van der Waals surface area contributed by atoms with E-state index in [1.54, 1.807) is 6.07 Å². The number of carbonyl (C=O) groups excluding carboxylic acids is 1. The smallest absolute Gasteiger partial charge is 0.273 e. The normalized spacial score (nSPS) is 15.6. The van der Waals surface area contributed by atoms with Gasteiger partial charge in [-0.3, -0.25) is 4.79 Å². The lowest BCUT2D eigenvalue weighted by atomic mass is 10.1. The van der Waals surface area contributed by atoms with Crippen molar-refractivity contribution in [1.29, 1.82) is 0 Å². The second-order valence-corrected chi connectivity index (χ2v) is 5.65. The van der Waals surface area contributed by atoms with Gasteiger partial charge in [-0.15, -0.1) is 0 Å². The Bertz CT molecular complexity index is 876. The largest absolute Gasteiger partial charge is 0.486 e. The standard InChI is InChI=1S/C19H16N2O4/c22-19(15-10-18(25-21-15)13-6-2-1-3-7-13)20-11-14-12-23-16-8-4-5-9-17(16)24-14/h1-10,14H,11-12H2,(H,20,22). The van der Waals surface area contributed by atoms with Gasteiger partial charge < -0.3 is 19.3 Å². The van der Waals surface area contributed by atoms with Gasteiger partial charge in [0, 0.05) is 11.6 Å². The Hall–Kier alpha value is -3.28. The molecule has 0 bridgehead atoms. The van der Waals surface area contributed by atoms with E-state index in [1.807, 2.05) is 54.6 Å². The van der Waals surface area contributed by atoms with Crippen LogP contribution in [-0.2, 0) is 0 Å². The Kier molecular flexibility index (Phi) is 4.08. The van der Waals surface area contributed by atoms with E-state index in [2.05, 4.69) is 10.5 Å². The van der Waals surface area contributed by atoms with Crippen molar-refractivity contribution in [2.75, 3.05) is 13.2 Å². The molecule has 0 saturated heterocycles. The van der Waals surface area contributed by atoms with Crippen LogP contribution in [0.25, 0.3) is 11.3 Å². The lowest BCUT2D eigenvalue weighted by Crippen LogP contribution is -2.40. The molecule has 1 N–H and O–H groups in total. The molecule has 1 unspecified atom stereocenters. The molecule has 4 rings (SSSR count).